The zero-order valence-electron chi connectivity index (χ0n) is 15.4. The lowest BCUT2D eigenvalue weighted by molar-refractivity contribution is 0.0951. The summed E-state index contributed by atoms with van der Waals surface area (Å²) in [7, 11) is 1.63. The summed E-state index contributed by atoms with van der Waals surface area (Å²) in [6.45, 7) is 0.233. The Hall–Kier alpha value is -3.39. The van der Waals surface area contributed by atoms with Gasteiger partial charge in [0.05, 0.1) is 17.8 Å². The van der Waals surface area contributed by atoms with Gasteiger partial charge in [-0.3, -0.25) is 9.48 Å². The summed E-state index contributed by atoms with van der Waals surface area (Å²) in [5.41, 5.74) is 2.28. The summed E-state index contributed by atoms with van der Waals surface area (Å²) in [5, 5.41) is 9.64. The molecule has 1 N–H and O–H groups in total. The number of nitrogens with zero attached hydrogens (tertiary/aromatic N) is 3. The highest BCUT2D eigenvalue weighted by atomic mass is 32.1. The van der Waals surface area contributed by atoms with Gasteiger partial charge in [0.1, 0.15) is 22.3 Å². The number of hydrogen-bond acceptors (Lipinski definition) is 4. The van der Waals surface area contributed by atoms with E-state index < -0.39 is 17.5 Å². The molecular formula is C21H16F2N4OS. The molecule has 0 fully saturated rings. The SMILES string of the molecule is Cn1cc(C(=O)NCc2nc(-c3ccccc3)cs2)c(-c2ccc(F)cc2F)n1. The molecule has 146 valence electrons. The molecule has 0 aliphatic carbocycles. The van der Waals surface area contributed by atoms with E-state index in [9.17, 15) is 13.6 Å². The van der Waals surface area contributed by atoms with Crippen LogP contribution in [-0.2, 0) is 13.6 Å². The first-order valence-corrected chi connectivity index (χ1v) is 9.66. The van der Waals surface area contributed by atoms with Crippen LogP contribution in [0.3, 0.4) is 0 Å². The third kappa shape index (κ3) is 4.07. The van der Waals surface area contributed by atoms with Crippen LogP contribution in [0.1, 0.15) is 15.4 Å². The lowest BCUT2D eigenvalue weighted by Crippen LogP contribution is -2.23. The van der Waals surface area contributed by atoms with Crippen LogP contribution in [0.4, 0.5) is 8.78 Å². The monoisotopic (exact) mass is 410 g/mol. The second kappa shape index (κ2) is 7.92. The number of benzene rings is 2. The number of aromatic nitrogens is 3. The van der Waals surface area contributed by atoms with Gasteiger partial charge in [-0.15, -0.1) is 11.3 Å². The normalized spacial score (nSPS) is 10.9. The number of carbonyl (C=O) groups is 1. The average molecular weight is 410 g/mol. The van der Waals surface area contributed by atoms with Gasteiger partial charge in [-0.2, -0.15) is 5.10 Å². The molecule has 0 aliphatic heterocycles. The maximum Gasteiger partial charge on any atom is 0.255 e. The van der Waals surface area contributed by atoms with Gasteiger partial charge in [0.2, 0.25) is 0 Å². The van der Waals surface area contributed by atoms with E-state index in [0.717, 1.165) is 28.4 Å². The van der Waals surface area contributed by atoms with E-state index in [4.69, 9.17) is 0 Å². The Bertz CT molecular complexity index is 1170. The lowest BCUT2D eigenvalue weighted by atomic mass is 10.1. The van der Waals surface area contributed by atoms with E-state index in [2.05, 4.69) is 15.4 Å². The second-order valence-electron chi connectivity index (χ2n) is 6.36. The molecule has 0 bridgehead atoms. The number of carbonyl (C=O) groups excluding carboxylic acids is 1. The van der Waals surface area contributed by atoms with Gasteiger partial charge >= 0.3 is 0 Å². The van der Waals surface area contributed by atoms with Crippen LogP contribution in [0.2, 0.25) is 0 Å². The highest BCUT2D eigenvalue weighted by molar-refractivity contribution is 7.09. The molecule has 29 heavy (non-hydrogen) atoms. The molecular weight excluding hydrogens is 394 g/mol. The Morgan fingerprint density at radius 1 is 1.17 bits per heavy atom. The van der Waals surface area contributed by atoms with Crippen molar-refractivity contribution in [3.05, 3.63) is 82.3 Å². The van der Waals surface area contributed by atoms with Crippen LogP contribution in [0.5, 0.6) is 0 Å². The third-order valence-corrected chi connectivity index (χ3v) is 5.13. The highest BCUT2D eigenvalue weighted by Crippen LogP contribution is 2.26. The first-order valence-electron chi connectivity index (χ1n) is 8.78. The fourth-order valence-corrected chi connectivity index (χ4v) is 3.66. The van der Waals surface area contributed by atoms with Crippen molar-refractivity contribution in [2.75, 3.05) is 0 Å². The van der Waals surface area contributed by atoms with Crippen molar-refractivity contribution in [1.29, 1.82) is 0 Å². The average Bonchev–Trinajstić information content (AvgIpc) is 3.34. The molecule has 0 aliphatic rings. The lowest BCUT2D eigenvalue weighted by Gasteiger charge is -2.05. The number of amides is 1. The number of halogens is 2. The number of hydrogen-bond donors (Lipinski definition) is 1. The molecule has 1 amide bonds. The second-order valence-corrected chi connectivity index (χ2v) is 7.31. The van der Waals surface area contributed by atoms with Crippen LogP contribution in [0.25, 0.3) is 22.5 Å². The zero-order chi connectivity index (χ0) is 20.4. The first-order chi connectivity index (χ1) is 14.0. The fraction of sp³-hybridized carbons (Fsp3) is 0.0952. The largest absolute Gasteiger partial charge is 0.345 e. The predicted octanol–water partition coefficient (Wildman–Crippen LogP) is 4.42. The van der Waals surface area contributed by atoms with Crippen molar-refractivity contribution in [2.24, 2.45) is 7.05 Å². The Labute approximate surface area is 169 Å². The van der Waals surface area contributed by atoms with Crippen molar-refractivity contribution in [3.8, 4) is 22.5 Å². The van der Waals surface area contributed by atoms with Gasteiger partial charge in [-0.05, 0) is 12.1 Å². The molecule has 0 saturated carbocycles. The maximum atomic E-state index is 14.2. The quantitative estimate of drug-likeness (QED) is 0.530. The molecule has 0 unspecified atom stereocenters. The Balaban J connectivity index is 1.52. The molecule has 5 nitrogen and oxygen atoms in total. The van der Waals surface area contributed by atoms with Crippen LogP contribution in [0.15, 0.2) is 60.1 Å². The number of nitrogens with one attached hydrogen (secondary N) is 1. The van der Waals surface area contributed by atoms with Crippen LogP contribution in [0, 0.1) is 11.6 Å². The summed E-state index contributed by atoms with van der Waals surface area (Å²) in [5.74, 6) is -1.87. The Morgan fingerprint density at radius 2 is 1.97 bits per heavy atom. The van der Waals surface area contributed by atoms with Gasteiger partial charge in [-0.1, -0.05) is 30.3 Å². The van der Waals surface area contributed by atoms with E-state index in [1.807, 2.05) is 35.7 Å². The van der Waals surface area contributed by atoms with E-state index >= 15 is 0 Å². The number of thiazole rings is 1. The van der Waals surface area contributed by atoms with Crippen LogP contribution >= 0.6 is 11.3 Å². The molecule has 0 saturated heterocycles. The molecule has 2 aromatic heterocycles. The molecule has 2 aromatic carbocycles. The third-order valence-electron chi connectivity index (χ3n) is 4.28. The summed E-state index contributed by atoms with van der Waals surface area (Å²) < 4.78 is 28.8. The van der Waals surface area contributed by atoms with E-state index in [1.54, 1.807) is 7.05 Å². The standard InChI is InChI=1S/C21H16F2N4OS/c1-27-11-16(20(26-27)15-8-7-14(22)9-17(15)23)21(28)24-10-19-25-18(12-29-19)13-5-3-2-4-6-13/h2-9,11-12H,10H2,1H3,(H,24,28). The number of rotatable bonds is 5. The van der Waals surface area contributed by atoms with Gasteiger partial charge in [0, 0.05) is 35.8 Å². The van der Waals surface area contributed by atoms with Crippen molar-refractivity contribution in [3.63, 3.8) is 0 Å². The predicted molar refractivity (Wildman–Crippen MR) is 107 cm³/mol. The maximum absolute atomic E-state index is 14.2. The van der Waals surface area contributed by atoms with Crippen molar-refractivity contribution >= 4 is 17.2 Å². The van der Waals surface area contributed by atoms with Crippen molar-refractivity contribution in [1.82, 2.24) is 20.1 Å². The van der Waals surface area contributed by atoms with Gasteiger partial charge < -0.3 is 5.32 Å². The van der Waals surface area contributed by atoms with Gasteiger partial charge in [0.15, 0.2) is 0 Å². The number of aryl methyl sites for hydroxylation is 1. The summed E-state index contributed by atoms with van der Waals surface area (Å²) in [6.07, 6.45) is 1.50. The minimum atomic E-state index is -0.773. The van der Waals surface area contributed by atoms with E-state index in [-0.39, 0.29) is 23.4 Å². The molecule has 4 rings (SSSR count). The smallest absolute Gasteiger partial charge is 0.255 e. The van der Waals surface area contributed by atoms with Gasteiger partial charge in [-0.25, -0.2) is 13.8 Å². The van der Waals surface area contributed by atoms with Crippen molar-refractivity contribution < 1.29 is 13.6 Å². The fourth-order valence-electron chi connectivity index (χ4n) is 2.92. The van der Waals surface area contributed by atoms with Crippen molar-refractivity contribution in [2.45, 2.75) is 6.54 Å². The molecule has 0 atom stereocenters. The Kier molecular flexibility index (Phi) is 5.18. The minimum absolute atomic E-state index is 0.0674. The highest BCUT2D eigenvalue weighted by Gasteiger charge is 2.20. The molecule has 2 heterocycles. The van der Waals surface area contributed by atoms with Crippen LogP contribution in [-0.4, -0.2) is 20.7 Å². The van der Waals surface area contributed by atoms with E-state index in [1.165, 1.54) is 28.3 Å². The minimum Gasteiger partial charge on any atom is -0.345 e. The molecule has 4 aromatic rings. The topological polar surface area (TPSA) is 59.8 Å². The zero-order valence-corrected chi connectivity index (χ0v) is 16.2. The molecule has 0 radical (unpaired) electrons. The van der Waals surface area contributed by atoms with Crippen LogP contribution < -0.4 is 5.32 Å². The van der Waals surface area contributed by atoms with E-state index in [0.29, 0.717) is 0 Å². The summed E-state index contributed by atoms with van der Waals surface area (Å²) in [4.78, 5) is 17.2. The Morgan fingerprint density at radius 3 is 2.72 bits per heavy atom. The molecule has 0 spiro atoms. The molecule has 8 heteroatoms. The summed E-state index contributed by atoms with van der Waals surface area (Å²) >= 11 is 1.44. The first kappa shape index (κ1) is 18.9. The summed E-state index contributed by atoms with van der Waals surface area (Å²) in [6, 6.07) is 12.9. The van der Waals surface area contributed by atoms with Gasteiger partial charge in [0.25, 0.3) is 5.91 Å².